The summed E-state index contributed by atoms with van der Waals surface area (Å²) >= 11 is 2.44. The van der Waals surface area contributed by atoms with Gasteiger partial charge >= 0.3 is 0 Å². The minimum atomic E-state index is -3.70. The maximum absolute atomic E-state index is 13.1. The molecule has 29 heavy (non-hydrogen) atoms. The molecule has 1 saturated heterocycles. The van der Waals surface area contributed by atoms with Crippen molar-refractivity contribution in [2.24, 2.45) is 5.92 Å². The molecule has 12 heteroatoms. The molecule has 3 aromatic rings. The Labute approximate surface area is 175 Å². The smallest absolute Gasteiger partial charge is 0.252 e. The number of nitrogens with zero attached hydrogens (tertiary/aromatic N) is 4. The average Bonchev–Trinajstić information content (AvgIpc) is 3.48. The van der Waals surface area contributed by atoms with Crippen molar-refractivity contribution in [3.05, 3.63) is 28.9 Å². The Morgan fingerprint density at radius 1 is 1.41 bits per heavy atom. The van der Waals surface area contributed by atoms with E-state index in [-0.39, 0.29) is 16.7 Å². The van der Waals surface area contributed by atoms with E-state index in [4.69, 9.17) is 4.52 Å². The summed E-state index contributed by atoms with van der Waals surface area (Å²) in [6.07, 6.45) is 3.49. The predicted molar refractivity (Wildman–Crippen MR) is 109 cm³/mol. The van der Waals surface area contributed by atoms with Crippen LogP contribution in [0, 0.1) is 5.92 Å². The summed E-state index contributed by atoms with van der Waals surface area (Å²) in [6.45, 7) is 2.44. The molecule has 1 N–H and O–H groups in total. The third-order valence-electron chi connectivity index (χ3n) is 4.62. The topological polar surface area (TPSA) is 118 Å². The molecule has 1 fully saturated rings. The van der Waals surface area contributed by atoms with E-state index in [1.807, 2.05) is 6.92 Å². The summed E-state index contributed by atoms with van der Waals surface area (Å²) in [5, 5.41) is 10.6. The highest BCUT2D eigenvalue weighted by atomic mass is 32.2. The third kappa shape index (κ3) is 4.25. The summed E-state index contributed by atoms with van der Waals surface area (Å²) in [6, 6.07) is 1.56. The Morgan fingerprint density at radius 2 is 2.28 bits per heavy atom. The van der Waals surface area contributed by atoms with Crippen LogP contribution in [0.3, 0.4) is 0 Å². The fourth-order valence-electron chi connectivity index (χ4n) is 3.08. The number of thiophene rings is 1. The van der Waals surface area contributed by atoms with Crippen molar-refractivity contribution >= 4 is 43.7 Å². The van der Waals surface area contributed by atoms with Crippen LogP contribution in [0.4, 0.5) is 5.13 Å². The lowest BCUT2D eigenvalue weighted by molar-refractivity contribution is -0.120. The minimum absolute atomic E-state index is 0.148. The van der Waals surface area contributed by atoms with Crippen LogP contribution in [-0.4, -0.2) is 46.8 Å². The van der Waals surface area contributed by atoms with Crippen LogP contribution in [0.2, 0.25) is 0 Å². The molecule has 0 saturated carbocycles. The van der Waals surface area contributed by atoms with Gasteiger partial charge in [0.1, 0.15) is 4.21 Å². The quantitative estimate of drug-likeness (QED) is 0.609. The van der Waals surface area contributed by atoms with E-state index in [1.54, 1.807) is 23.0 Å². The Hall–Kier alpha value is -2.15. The van der Waals surface area contributed by atoms with Crippen molar-refractivity contribution in [1.82, 2.24) is 19.4 Å². The molecule has 0 radical (unpaired) electrons. The van der Waals surface area contributed by atoms with Crippen LogP contribution >= 0.6 is 22.7 Å². The van der Waals surface area contributed by atoms with Gasteiger partial charge in [-0.1, -0.05) is 12.1 Å². The first-order chi connectivity index (χ1) is 14.0. The number of carbonyl (C=O) groups excluding carboxylic acids is 1. The van der Waals surface area contributed by atoms with Crippen LogP contribution < -0.4 is 5.32 Å². The van der Waals surface area contributed by atoms with E-state index in [2.05, 4.69) is 20.4 Å². The van der Waals surface area contributed by atoms with Gasteiger partial charge in [-0.3, -0.25) is 4.79 Å². The van der Waals surface area contributed by atoms with Crippen LogP contribution in [-0.2, 0) is 21.2 Å². The zero-order valence-corrected chi connectivity index (χ0v) is 18.0. The first-order valence-electron chi connectivity index (χ1n) is 9.09. The zero-order chi connectivity index (χ0) is 20.4. The number of carbonyl (C=O) groups is 1. The van der Waals surface area contributed by atoms with Gasteiger partial charge in [0.25, 0.3) is 10.0 Å². The van der Waals surface area contributed by atoms with Gasteiger partial charge < -0.3 is 9.84 Å². The maximum atomic E-state index is 13.1. The Morgan fingerprint density at radius 3 is 3.00 bits per heavy atom. The normalized spacial score (nSPS) is 18.0. The van der Waals surface area contributed by atoms with Crippen LogP contribution in [0.15, 0.2) is 31.8 Å². The average molecular weight is 454 g/mol. The molecular weight excluding hydrogens is 434 g/mol. The molecule has 4 rings (SSSR count). The zero-order valence-electron chi connectivity index (χ0n) is 15.6. The summed E-state index contributed by atoms with van der Waals surface area (Å²) < 4.78 is 32.9. The highest BCUT2D eigenvalue weighted by Crippen LogP contribution is 2.31. The van der Waals surface area contributed by atoms with E-state index in [9.17, 15) is 13.2 Å². The van der Waals surface area contributed by atoms with Crippen molar-refractivity contribution in [3.8, 4) is 11.4 Å². The molecular formula is C17H19N5O4S3. The summed E-state index contributed by atoms with van der Waals surface area (Å²) in [7, 11) is -3.70. The molecule has 4 heterocycles. The number of anilines is 1. The molecule has 1 amide bonds. The number of aryl methyl sites for hydroxylation is 1. The summed E-state index contributed by atoms with van der Waals surface area (Å²) in [4.78, 5) is 20.8. The second kappa shape index (κ2) is 8.30. The van der Waals surface area contributed by atoms with Gasteiger partial charge in [0.2, 0.25) is 17.6 Å². The number of rotatable bonds is 6. The van der Waals surface area contributed by atoms with Gasteiger partial charge in [0.15, 0.2) is 5.13 Å². The molecule has 1 atom stereocenters. The first-order valence-corrected chi connectivity index (χ1v) is 12.3. The van der Waals surface area contributed by atoms with Crippen molar-refractivity contribution < 1.29 is 17.7 Å². The Kier molecular flexibility index (Phi) is 5.76. The number of hydrogen-bond donors (Lipinski definition) is 1. The van der Waals surface area contributed by atoms with E-state index < -0.39 is 15.9 Å². The van der Waals surface area contributed by atoms with Gasteiger partial charge in [-0.2, -0.15) is 9.29 Å². The number of aromatic nitrogens is 3. The van der Waals surface area contributed by atoms with Crippen LogP contribution in [0.1, 0.15) is 25.7 Å². The highest BCUT2D eigenvalue weighted by Gasteiger charge is 2.34. The van der Waals surface area contributed by atoms with Gasteiger partial charge in [-0.05, 0) is 18.9 Å². The molecule has 0 unspecified atom stereocenters. The molecule has 1 aliphatic heterocycles. The van der Waals surface area contributed by atoms with E-state index >= 15 is 0 Å². The SMILES string of the molecule is CCc1nc(-c2csc(S(=O)(=O)N3CCC[C@H](C(=O)Nc4nccs4)C3)c2)no1. The molecule has 154 valence electrons. The Balaban J connectivity index is 1.48. The predicted octanol–water partition coefficient (Wildman–Crippen LogP) is 2.86. The van der Waals surface area contributed by atoms with E-state index in [0.29, 0.717) is 48.2 Å². The lowest BCUT2D eigenvalue weighted by Crippen LogP contribution is -2.43. The second-order valence-corrected chi connectivity index (χ2v) is 10.5. The lowest BCUT2D eigenvalue weighted by Gasteiger charge is -2.30. The number of amides is 1. The monoisotopic (exact) mass is 453 g/mol. The van der Waals surface area contributed by atoms with Gasteiger partial charge in [-0.25, -0.2) is 13.4 Å². The highest BCUT2D eigenvalue weighted by molar-refractivity contribution is 7.91. The van der Waals surface area contributed by atoms with Crippen molar-refractivity contribution in [2.45, 2.75) is 30.4 Å². The standard InChI is InChI=1S/C17H19N5O4S3/c1-2-13-19-15(21-26-13)12-8-14(28-10-12)29(24,25)22-6-3-4-11(9-22)16(23)20-17-18-5-7-27-17/h5,7-8,10-11H,2-4,6,9H2,1H3,(H,18,20,23)/t11-/m0/s1. The number of nitrogens with one attached hydrogen (secondary N) is 1. The van der Waals surface area contributed by atoms with Gasteiger partial charge in [0.05, 0.1) is 5.92 Å². The number of piperidine rings is 1. The fourth-order valence-corrected chi connectivity index (χ4v) is 6.45. The van der Waals surface area contributed by atoms with E-state index in [0.717, 1.165) is 11.3 Å². The molecule has 0 spiro atoms. The molecule has 1 aliphatic rings. The number of sulfonamides is 1. The summed E-state index contributed by atoms with van der Waals surface area (Å²) in [5.74, 6) is 0.261. The lowest BCUT2D eigenvalue weighted by atomic mass is 9.99. The third-order valence-corrected chi connectivity index (χ3v) is 8.58. The molecule has 9 nitrogen and oxygen atoms in total. The molecule has 0 aliphatic carbocycles. The van der Waals surface area contributed by atoms with Crippen molar-refractivity contribution in [3.63, 3.8) is 0 Å². The van der Waals surface area contributed by atoms with Crippen molar-refractivity contribution in [1.29, 1.82) is 0 Å². The largest absolute Gasteiger partial charge is 0.339 e. The van der Waals surface area contributed by atoms with Gasteiger partial charge in [0, 0.05) is 42.0 Å². The minimum Gasteiger partial charge on any atom is -0.339 e. The molecule has 3 aromatic heterocycles. The van der Waals surface area contributed by atoms with Crippen molar-refractivity contribution in [2.75, 3.05) is 18.4 Å². The number of hydrogen-bond acceptors (Lipinski definition) is 9. The van der Waals surface area contributed by atoms with E-state index in [1.165, 1.54) is 15.6 Å². The van der Waals surface area contributed by atoms with Crippen LogP contribution in [0.5, 0.6) is 0 Å². The van der Waals surface area contributed by atoms with Gasteiger partial charge in [-0.15, -0.1) is 22.7 Å². The Bertz CT molecular complexity index is 1090. The van der Waals surface area contributed by atoms with Crippen LogP contribution in [0.25, 0.3) is 11.4 Å². The maximum Gasteiger partial charge on any atom is 0.252 e. The first kappa shape index (κ1) is 20.1. The fraction of sp³-hybridized carbons (Fsp3) is 0.412. The second-order valence-electron chi connectivity index (χ2n) is 6.55. The molecule has 0 bridgehead atoms. The summed E-state index contributed by atoms with van der Waals surface area (Å²) in [5.41, 5.74) is 0.604. The number of thiazole rings is 1. The molecule has 0 aromatic carbocycles.